The Morgan fingerprint density at radius 1 is 1.42 bits per heavy atom. The summed E-state index contributed by atoms with van der Waals surface area (Å²) in [6.45, 7) is 1.87. The van der Waals surface area contributed by atoms with E-state index in [1.54, 1.807) is 6.08 Å². The maximum atomic E-state index is 10.0. The quantitative estimate of drug-likeness (QED) is 0.453. The number of nitrogens with zero attached hydrogens (tertiary/aromatic N) is 2. The number of isocyanates is 2. The minimum atomic E-state index is -0.354. The Balaban J connectivity index is 2.65. The van der Waals surface area contributed by atoms with Crippen LogP contribution in [0.4, 0.5) is 0 Å². The van der Waals surface area contributed by atoms with Gasteiger partial charge >= 0.3 is 0 Å². The molecule has 12 heavy (non-hydrogen) atoms. The lowest BCUT2D eigenvalue weighted by atomic mass is 10.0. The van der Waals surface area contributed by atoms with Gasteiger partial charge in [0, 0.05) is 0 Å². The van der Waals surface area contributed by atoms with Crippen molar-refractivity contribution in [2.75, 3.05) is 0 Å². The van der Waals surface area contributed by atoms with Gasteiger partial charge < -0.3 is 0 Å². The highest BCUT2D eigenvalue weighted by molar-refractivity contribution is 5.36. The minimum Gasteiger partial charge on any atom is -0.211 e. The fourth-order valence-corrected chi connectivity index (χ4v) is 1.59. The van der Waals surface area contributed by atoms with E-state index in [9.17, 15) is 9.59 Å². The second-order valence-electron chi connectivity index (χ2n) is 3.32. The molecular formula is C8H10N2O2. The third-order valence-corrected chi connectivity index (χ3v) is 2.24. The number of hydrogen-bond donors (Lipinski definition) is 0. The molecule has 0 aromatic carbocycles. The van der Waals surface area contributed by atoms with Crippen molar-refractivity contribution in [3.8, 4) is 0 Å². The van der Waals surface area contributed by atoms with Crippen molar-refractivity contribution in [3.63, 3.8) is 0 Å². The van der Waals surface area contributed by atoms with Gasteiger partial charge in [-0.3, -0.25) is 0 Å². The molecule has 1 fully saturated rings. The molecule has 0 N–H and O–H groups in total. The summed E-state index contributed by atoms with van der Waals surface area (Å²) < 4.78 is 0. The molecule has 0 bridgehead atoms. The first-order valence-corrected chi connectivity index (χ1v) is 3.86. The van der Waals surface area contributed by atoms with Crippen molar-refractivity contribution in [1.29, 1.82) is 0 Å². The Morgan fingerprint density at radius 3 is 2.75 bits per heavy atom. The molecule has 1 aliphatic rings. The average Bonchev–Trinajstić information content (AvgIpc) is 2.34. The van der Waals surface area contributed by atoms with E-state index in [2.05, 4.69) is 9.98 Å². The van der Waals surface area contributed by atoms with Crippen molar-refractivity contribution in [3.05, 3.63) is 0 Å². The molecule has 0 heterocycles. The monoisotopic (exact) mass is 166 g/mol. The van der Waals surface area contributed by atoms with E-state index >= 15 is 0 Å². The van der Waals surface area contributed by atoms with E-state index in [1.807, 2.05) is 6.92 Å². The van der Waals surface area contributed by atoms with Gasteiger partial charge in [-0.1, -0.05) is 0 Å². The molecule has 2 atom stereocenters. The molecule has 0 aliphatic heterocycles. The third kappa shape index (κ3) is 1.88. The highest BCUT2D eigenvalue weighted by Crippen LogP contribution is 2.34. The smallest absolute Gasteiger partial charge is 0.211 e. The van der Waals surface area contributed by atoms with Crippen molar-refractivity contribution >= 4 is 12.2 Å². The van der Waals surface area contributed by atoms with Crippen LogP contribution in [0.3, 0.4) is 0 Å². The number of aliphatic imine (C=N–C) groups is 2. The molecule has 4 heteroatoms. The van der Waals surface area contributed by atoms with Crippen molar-refractivity contribution in [2.24, 2.45) is 9.98 Å². The lowest BCUT2D eigenvalue weighted by Crippen LogP contribution is -2.17. The van der Waals surface area contributed by atoms with E-state index in [-0.39, 0.29) is 11.6 Å². The molecule has 1 saturated carbocycles. The second kappa shape index (κ2) is 3.44. The maximum Gasteiger partial charge on any atom is 0.235 e. The van der Waals surface area contributed by atoms with Crippen molar-refractivity contribution in [2.45, 2.75) is 37.8 Å². The van der Waals surface area contributed by atoms with Gasteiger partial charge in [-0.25, -0.2) is 14.6 Å². The molecule has 0 radical (unpaired) electrons. The standard InChI is InChI=1S/C8H10N2O2/c1-8(10-6-12)3-2-7(4-8)9-5-11/h7H,2-4H2,1H3. The zero-order chi connectivity index (χ0) is 9.03. The molecule has 64 valence electrons. The Labute approximate surface area is 70.4 Å². The van der Waals surface area contributed by atoms with E-state index in [1.165, 1.54) is 6.08 Å². The van der Waals surface area contributed by atoms with Crippen LogP contribution in [0.25, 0.3) is 0 Å². The molecule has 0 saturated heterocycles. The molecule has 4 nitrogen and oxygen atoms in total. The summed E-state index contributed by atoms with van der Waals surface area (Å²) in [4.78, 5) is 27.3. The van der Waals surface area contributed by atoms with Gasteiger partial charge in [0.25, 0.3) is 0 Å². The Morgan fingerprint density at radius 2 is 2.17 bits per heavy atom. The molecule has 1 aliphatic carbocycles. The largest absolute Gasteiger partial charge is 0.235 e. The van der Waals surface area contributed by atoms with Crippen molar-refractivity contribution in [1.82, 2.24) is 0 Å². The zero-order valence-electron chi connectivity index (χ0n) is 6.91. The fraction of sp³-hybridized carbons (Fsp3) is 0.750. The van der Waals surface area contributed by atoms with Gasteiger partial charge in [-0.2, -0.15) is 4.99 Å². The molecule has 0 aromatic rings. The molecule has 1 rings (SSSR count). The SMILES string of the molecule is CC1(N=C=O)CCC(N=C=O)C1. The molecular weight excluding hydrogens is 156 g/mol. The maximum absolute atomic E-state index is 10.0. The Kier molecular flexibility index (Phi) is 2.54. The Hall–Kier alpha value is -1.24. The molecule has 0 aromatic heterocycles. The highest BCUT2D eigenvalue weighted by Gasteiger charge is 2.34. The fourth-order valence-electron chi connectivity index (χ4n) is 1.59. The summed E-state index contributed by atoms with van der Waals surface area (Å²) in [5.74, 6) is 0. The summed E-state index contributed by atoms with van der Waals surface area (Å²) in [5.41, 5.74) is -0.354. The van der Waals surface area contributed by atoms with E-state index in [4.69, 9.17) is 0 Å². The third-order valence-electron chi connectivity index (χ3n) is 2.24. The van der Waals surface area contributed by atoms with Crippen LogP contribution in [-0.2, 0) is 9.59 Å². The van der Waals surface area contributed by atoms with Crippen LogP contribution in [0.5, 0.6) is 0 Å². The first-order valence-electron chi connectivity index (χ1n) is 3.86. The van der Waals surface area contributed by atoms with E-state index < -0.39 is 0 Å². The van der Waals surface area contributed by atoms with Gasteiger partial charge in [0.15, 0.2) is 0 Å². The Bertz CT molecular complexity index is 264. The topological polar surface area (TPSA) is 58.9 Å². The number of rotatable bonds is 2. The summed E-state index contributed by atoms with van der Waals surface area (Å²) in [5, 5.41) is 0. The summed E-state index contributed by atoms with van der Waals surface area (Å²) >= 11 is 0. The summed E-state index contributed by atoms with van der Waals surface area (Å²) in [6.07, 6.45) is 5.31. The van der Waals surface area contributed by atoms with Crippen LogP contribution in [0.15, 0.2) is 9.98 Å². The number of carbonyl (C=O) groups excluding carboxylic acids is 2. The van der Waals surface area contributed by atoms with Gasteiger partial charge in [-0.05, 0) is 26.2 Å². The van der Waals surface area contributed by atoms with Crippen LogP contribution in [0.1, 0.15) is 26.2 Å². The zero-order valence-corrected chi connectivity index (χ0v) is 6.91. The lowest BCUT2D eigenvalue weighted by molar-refractivity contribution is 0.471. The van der Waals surface area contributed by atoms with Crippen molar-refractivity contribution < 1.29 is 9.59 Å². The predicted octanol–water partition coefficient (Wildman–Crippen LogP) is 0.969. The normalized spacial score (nSPS) is 33.6. The average molecular weight is 166 g/mol. The van der Waals surface area contributed by atoms with Crippen LogP contribution in [0.2, 0.25) is 0 Å². The summed E-state index contributed by atoms with van der Waals surface area (Å²) in [6, 6.07) is -0.00963. The van der Waals surface area contributed by atoms with Gasteiger partial charge in [0.1, 0.15) is 0 Å². The molecule has 2 unspecified atom stereocenters. The van der Waals surface area contributed by atoms with Crippen LogP contribution < -0.4 is 0 Å². The lowest BCUT2D eigenvalue weighted by Gasteiger charge is -2.13. The van der Waals surface area contributed by atoms with Gasteiger partial charge in [0.2, 0.25) is 12.2 Å². The van der Waals surface area contributed by atoms with Gasteiger partial charge in [0.05, 0.1) is 11.6 Å². The minimum absolute atomic E-state index is 0.00963. The molecule has 0 spiro atoms. The van der Waals surface area contributed by atoms with Crippen LogP contribution >= 0.6 is 0 Å². The predicted molar refractivity (Wildman–Crippen MR) is 42.3 cm³/mol. The number of hydrogen-bond acceptors (Lipinski definition) is 4. The van der Waals surface area contributed by atoms with E-state index in [0.717, 1.165) is 12.8 Å². The van der Waals surface area contributed by atoms with Crippen LogP contribution in [-0.4, -0.2) is 23.7 Å². The first-order chi connectivity index (χ1) is 5.70. The highest BCUT2D eigenvalue weighted by atomic mass is 16.1. The van der Waals surface area contributed by atoms with Crippen LogP contribution in [0, 0.1) is 0 Å². The first kappa shape index (κ1) is 8.85. The van der Waals surface area contributed by atoms with Gasteiger partial charge in [-0.15, -0.1) is 0 Å². The second-order valence-corrected chi connectivity index (χ2v) is 3.32. The molecule has 0 amide bonds. The van der Waals surface area contributed by atoms with E-state index in [0.29, 0.717) is 6.42 Å². The summed E-state index contributed by atoms with van der Waals surface area (Å²) in [7, 11) is 0.